The van der Waals surface area contributed by atoms with Gasteiger partial charge in [-0.15, -0.1) is 11.3 Å². The van der Waals surface area contributed by atoms with E-state index in [9.17, 15) is 4.79 Å². The fourth-order valence-electron chi connectivity index (χ4n) is 1.88. The third-order valence-corrected chi connectivity index (χ3v) is 3.97. The van der Waals surface area contributed by atoms with Crippen molar-refractivity contribution in [2.24, 2.45) is 5.73 Å². The van der Waals surface area contributed by atoms with Gasteiger partial charge < -0.3 is 11.1 Å². The molecule has 0 unspecified atom stereocenters. The second-order valence-corrected chi connectivity index (χ2v) is 5.67. The van der Waals surface area contributed by atoms with Crippen molar-refractivity contribution < 1.29 is 4.79 Å². The van der Waals surface area contributed by atoms with Crippen LogP contribution < -0.4 is 11.1 Å². The van der Waals surface area contributed by atoms with E-state index in [1.165, 1.54) is 5.56 Å². The summed E-state index contributed by atoms with van der Waals surface area (Å²) in [5.41, 5.74) is 8.08. The predicted octanol–water partition coefficient (Wildman–Crippen LogP) is 2.03. The minimum atomic E-state index is -0.476. The molecule has 2 aromatic rings. The Labute approximate surface area is 123 Å². The molecule has 0 bridgehead atoms. The van der Waals surface area contributed by atoms with E-state index in [1.807, 2.05) is 42.6 Å². The highest BCUT2D eigenvalue weighted by Gasteiger charge is 2.13. The molecule has 1 aromatic heterocycles. The lowest BCUT2D eigenvalue weighted by molar-refractivity contribution is -0.122. The summed E-state index contributed by atoms with van der Waals surface area (Å²) in [5.74, 6) is -0.117. The first-order valence-corrected chi connectivity index (χ1v) is 7.51. The summed E-state index contributed by atoms with van der Waals surface area (Å²) in [6, 6.07) is 9.58. The molecule has 1 aromatic carbocycles. The van der Waals surface area contributed by atoms with Gasteiger partial charge in [-0.05, 0) is 25.3 Å². The Balaban J connectivity index is 1.74. The van der Waals surface area contributed by atoms with Crippen LogP contribution in [0.1, 0.15) is 22.7 Å². The summed E-state index contributed by atoms with van der Waals surface area (Å²) in [6.45, 7) is 2.39. The number of nitrogens with one attached hydrogen (secondary N) is 1. The van der Waals surface area contributed by atoms with E-state index in [0.717, 1.165) is 17.1 Å². The third-order valence-electron chi connectivity index (χ3n) is 3.00. The molecule has 0 radical (unpaired) electrons. The lowest BCUT2D eigenvalue weighted by Crippen LogP contribution is -2.40. The van der Waals surface area contributed by atoms with Crippen molar-refractivity contribution in [3.05, 3.63) is 52.0 Å². The molecule has 20 heavy (non-hydrogen) atoms. The number of thiazole rings is 1. The van der Waals surface area contributed by atoms with Crippen LogP contribution in [0.2, 0.25) is 0 Å². The number of nitrogens with zero attached hydrogens (tertiary/aromatic N) is 1. The van der Waals surface area contributed by atoms with Crippen molar-refractivity contribution >= 4 is 17.2 Å². The maximum absolute atomic E-state index is 11.9. The smallest absolute Gasteiger partial charge is 0.237 e. The molecule has 1 atom stereocenters. The minimum absolute atomic E-state index is 0.117. The van der Waals surface area contributed by atoms with E-state index in [-0.39, 0.29) is 5.91 Å². The van der Waals surface area contributed by atoms with Gasteiger partial charge in [0, 0.05) is 11.1 Å². The number of hydrogen-bond donors (Lipinski definition) is 2. The molecule has 0 aliphatic rings. The monoisotopic (exact) mass is 289 g/mol. The van der Waals surface area contributed by atoms with E-state index in [2.05, 4.69) is 10.3 Å². The SMILES string of the molecule is Cc1csc(CNC(=O)[C@@H](N)CCc2ccccc2)n1. The summed E-state index contributed by atoms with van der Waals surface area (Å²) in [4.78, 5) is 16.2. The number of aromatic nitrogens is 1. The van der Waals surface area contributed by atoms with Gasteiger partial charge in [0.05, 0.1) is 12.6 Å². The number of amides is 1. The molecule has 4 nitrogen and oxygen atoms in total. The topological polar surface area (TPSA) is 68.0 Å². The van der Waals surface area contributed by atoms with Crippen LogP contribution in [0.15, 0.2) is 35.7 Å². The van der Waals surface area contributed by atoms with Crippen LogP contribution in [0.25, 0.3) is 0 Å². The van der Waals surface area contributed by atoms with Crippen LogP contribution in [0.3, 0.4) is 0 Å². The van der Waals surface area contributed by atoms with Gasteiger partial charge in [-0.2, -0.15) is 0 Å². The van der Waals surface area contributed by atoms with Crippen LogP contribution in [0.5, 0.6) is 0 Å². The van der Waals surface area contributed by atoms with Gasteiger partial charge in [0.1, 0.15) is 5.01 Å². The zero-order chi connectivity index (χ0) is 14.4. The first-order chi connectivity index (χ1) is 9.65. The molecule has 0 saturated heterocycles. The Morgan fingerprint density at radius 3 is 2.80 bits per heavy atom. The maximum atomic E-state index is 11.9. The number of rotatable bonds is 6. The summed E-state index contributed by atoms with van der Waals surface area (Å²) >= 11 is 1.55. The molecule has 0 saturated carbocycles. The number of hydrogen-bond acceptors (Lipinski definition) is 4. The van der Waals surface area contributed by atoms with E-state index in [4.69, 9.17) is 5.73 Å². The lowest BCUT2D eigenvalue weighted by atomic mass is 10.1. The van der Waals surface area contributed by atoms with Crippen LogP contribution in [-0.2, 0) is 17.8 Å². The quantitative estimate of drug-likeness (QED) is 0.855. The van der Waals surface area contributed by atoms with Crippen LogP contribution in [0.4, 0.5) is 0 Å². The van der Waals surface area contributed by atoms with Crippen molar-refractivity contribution in [1.82, 2.24) is 10.3 Å². The summed E-state index contributed by atoms with van der Waals surface area (Å²) in [6.07, 6.45) is 1.46. The average Bonchev–Trinajstić information content (AvgIpc) is 2.89. The average molecular weight is 289 g/mol. The van der Waals surface area contributed by atoms with Crippen molar-refractivity contribution in [3.8, 4) is 0 Å². The van der Waals surface area contributed by atoms with Crippen LogP contribution in [-0.4, -0.2) is 16.9 Å². The highest BCUT2D eigenvalue weighted by Crippen LogP contribution is 2.08. The van der Waals surface area contributed by atoms with E-state index in [0.29, 0.717) is 13.0 Å². The molecule has 0 fully saturated rings. The fraction of sp³-hybridized carbons (Fsp3) is 0.333. The second-order valence-electron chi connectivity index (χ2n) is 4.73. The van der Waals surface area contributed by atoms with Gasteiger partial charge in [0.2, 0.25) is 5.91 Å². The summed E-state index contributed by atoms with van der Waals surface area (Å²) < 4.78 is 0. The Kier molecular flexibility index (Phi) is 5.26. The van der Waals surface area contributed by atoms with E-state index >= 15 is 0 Å². The number of carbonyl (C=O) groups excluding carboxylic acids is 1. The molecule has 3 N–H and O–H groups in total. The van der Waals surface area contributed by atoms with Gasteiger partial charge in [-0.25, -0.2) is 4.98 Å². The number of aryl methyl sites for hydroxylation is 2. The van der Waals surface area contributed by atoms with Gasteiger partial charge in [-0.3, -0.25) is 4.79 Å². The Hall–Kier alpha value is -1.72. The Morgan fingerprint density at radius 1 is 1.40 bits per heavy atom. The molecule has 106 valence electrons. The van der Waals surface area contributed by atoms with Crippen LogP contribution in [0, 0.1) is 6.92 Å². The van der Waals surface area contributed by atoms with Crippen LogP contribution >= 0.6 is 11.3 Å². The summed E-state index contributed by atoms with van der Waals surface area (Å²) in [5, 5.41) is 5.71. The minimum Gasteiger partial charge on any atom is -0.348 e. The Morgan fingerprint density at radius 2 is 2.15 bits per heavy atom. The van der Waals surface area contributed by atoms with Gasteiger partial charge in [0.15, 0.2) is 0 Å². The van der Waals surface area contributed by atoms with E-state index in [1.54, 1.807) is 11.3 Å². The van der Waals surface area contributed by atoms with E-state index < -0.39 is 6.04 Å². The second kappa shape index (κ2) is 7.17. The Bertz CT molecular complexity index is 553. The molecule has 1 heterocycles. The molecule has 0 aliphatic heterocycles. The highest BCUT2D eigenvalue weighted by atomic mass is 32.1. The number of nitrogens with two attached hydrogens (primary N) is 1. The van der Waals surface area contributed by atoms with Gasteiger partial charge in [-0.1, -0.05) is 30.3 Å². The normalized spacial score (nSPS) is 12.1. The maximum Gasteiger partial charge on any atom is 0.237 e. The van der Waals surface area contributed by atoms with Crippen molar-refractivity contribution in [2.75, 3.05) is 0 Å². The molecular weight excluding hydrogens is 270 g/mol. The van der Waals surface area contributed by atoms with Crippen molar-refractivity contribution in [3.63, 3.8) is 0 Å². The molecule has 0 spiro atoms. The molecule has 1 amide bonds. The van der Waals surface area contributed by atoms with Crippen molar-refractivity contribution in [1.29, 1.82) is 0 Å². The van der Waals surface area contributed by atoms with Crippen molar-refractivity contribution in [2.45, 2.75) is 32.4 Å². The molecule has 2 rings (SSSR count). The standard InChI is InChI=1S/C15H19N3OS/c1-11-10-20-14(18-11)9-17-15(19)13(16)8-7-12-5-3-2-4-6-12/h2-6,10,13H,7-9,16H2,1H3,(H,17,19)/t13-/m0/s1. The zero-order valence-corrected chi connectivity index (χ0v) is 12.3. The lowest BCUT2D eigenvalue weighted by Gasteiger charge is -2.11. The highest BCUT2D eigenvalue weighted by molar-refractivity contribution is 7.09. The zero-order valence-electron chi connectivity index (χ0n) is 11.5. The molecule has 5 heteroatoms. The first kappa shape index (κ1) is 14.7. The summed E-state index contributed by atoms with van der Waals surface area (Å²) in [7, 11) is 0. The van der Waals surface area contributed by atoms with Gasteiger partial charge in [0.25, 0.3) is 0 Å². The molecule has 0 aliphatic carbocycles. The fourth-order valence-corrected chi connectivity index (χ4v) is 2.59. The number of carbonyl (C=O) groups is 1. The number of benzene rings is 1. The predicted molar refractivity (Wildman–Crippen MR) is 81.4 cm³/mol. The third kappa shape index (κ3) is 4.43. The largest absolute Gasteiger partial charge is 0.348 e. The van der Waals surface area contributed by atoms with Gasteiger partial charge >= 0.3 is 0 Å². The molecular formula is C15H19N3OS. The first-order valence-electron chi connectivity index (χ1n) is 6.63.